The number of hydrazone groups is 1. The molecule has 8 nitrogen and oxygen atoms in total. The molecule has 220 valence electrons. The van der Waals surface area contributed by atoms with Crippen LogP contribution >= 0.6 is 38.5 Å². The van der Waals surface area contributed by atoms with Gasteiger partial charge in [0.2, 0.25) is 0 Å². The van der Waals surface area contributed by atoms with Gasteiger partial charge in [-0.15, -0.1) is 0 Å². The average Bonchev–Trinajstić information content (AvgIpc) is 3.62. The van der Waals surface area contributed by atoms with Crippen molar-refractivity contribution < 1.29 is 23.4 Å². The highest BCUT2D eigenvalue weighted by Gasteiger charge is 2.13. The summed E-state index contributed by atoms with van der Waals surface area (Å²) in [5, 5.41) is 4.09. The number of halogens is 2. The van der Waals surface area contributed by atoms with E-state index in [2.05, 4.69) is 79.6 Å². The summed E-state index contributed by atoms with van der Waals surface area (Å²) < 4.78 is 27.1. The number of aryl methyl sites for hydroxylation is 2. The lowest BCUT2D eigenvalue weighted by Gasteiger charge is -2.13. The normalized spacial score (nSPS) is 11.1. The van der Waals surface area contributed by atoms with E-state index in [1.807, 2.05) is 54.6 Å². The summed E-state index contributed by atoms with van der Waals surface area (Å²) in [5.74, 6) is 2.09. The van der Waals surface area contributed by atoms with Gasteiger partial charge in [0.05, 0.1) is 16.9 Å². The lowest BCUT2D eigenvalue weighted by molar-refractivity contribution is 0.0923. The molecule has 10 heteroatoms. The van der Waals surface area contributed by atoms with Gasteiger partial charge in [0, 0.05) is 21.5 Å². The van der Waals surface area contributed by atoms with E-state index in [1.165, 1.54) is 17.6 Å². The Hall–Kier alpha value is -4.03. The fourth-order valence-electron chi connectivity index (χ4n) is 4.41. The summed E-state index contributed by atoms with van der Waals surface area (Å²) in [6, 6.07) is 26.9. The predicted octanol–water partition coefficient (Wildman–Crippen LogP) is 7.98. The van der Waals surface area contributed by atoms with Crippen molar-refractivity contribution in [3.63, 3.8) is 0 Å². The van der Waals surface area contributed by atoms with Gasteiger partial charge in [-0.05, 0) is 120 Å². The smallest absolute Gasteiger partial charge is 0.307 e. The van der Waals surface area contributed by atoms with Crippen LogP contribution in [0.5, 0.6) is 17.2 Å². The van der Waals surface area contributed by atoms with Crippen molar-refractivity contribution in [1.82, 2.24) is 9.99 Å². The summed E-state index contributed by atoms with van der Waals surface area (Å²) in [6.07, 6.45) is 1.54. The third kappa shape index (κ3) is 7.68. The summed E-state index contributed by atoms with van der Waals surface area (Å²) in [5.41, 5.74) is 7.68. The highest BCUT2D eigenvalue weighted by atomic mass is 127. The molecule has 0 aliphatic carbocycles. The number of ether oxygens (including phenoxy) is 3. The maximum atomic E-state index is 12.6. The molecule has 0 unspecified atom stereocenters. The van der Waals surface area contributed by atoms with Gasteiger partial charge in [0.25, 0.3) is 0 Å². The van der Waals surface area contributed by atoms with Gasteiger partial charge in [0.1, 0.15) is 24.7 Å². The Morgan fingerprint density at radius 1 is 0.953 bits per heavy atom. The minimum atomic E-state index is -0.472. The van der Waals surface area contributed by atoms with Crippen molar-refractivity contribution in [3.05, 3.63) is 127 Å². The Balaban J connectivity index is 1.14. The number of carbonyl (C=O) groups is 1. The van der Waals surface area contributed by atoms with Gasteiger partial charge in [-0.2, -0.15) is 5.10 Å². The Labute approximate surface area is 271 Å². The van der Waals surface area contributed by atoms with Crippen molar-refractivity contribution in [2.75, 3.05) is 7.11 Å². The largest absolute Gasteiger partial charge is 0.493 e. The van der Waals surface area contributed by atoms with Gasteiger partial charge in [-0.25, -0.2) is 5.43 Å². The Bertz CT molecular complexity index is 1720. The molecule has 2 heterocycles. The van der Waals surface area contributed by atoms with Crippen LogP contribution in [0.15, 0.2) is 98.9 Å². The topological polar surface area (TPSA) is 87.2 Å². The second-order valence-electron chi connectivity index (χ2n) is 9.65. The van der Waals surface area contributed by atoms with E-state index < -0.39 is 5.91 Å². The zero-order valence-electron chi connectivity index (χ0n) is 23.8. The third-order valence-electron chi connectivity index (χ3n) is 6.56. The molecule has 0 aliphatic heterocycles. The molecule has 43 heavy (non-hydrogen) atoms. The maximum absolute atomic E-state index is 12.6. The van der Waals surface area contributed by atoms with Crippen molar-refractivity contribution in [1.29, 1.82) is 0 Å². The molecule has 1 amide bonds. The zero-order chi connectivity index (χ0) is 30.3. The van der Waals surface area contributed by atoms with E-state index >= 15 is 0 Å². The van der Waals surface area contributed by atoms with E-state index in [1.54, 1.807) is 25.3 Å². The molecule has 0 spiro atoms. The van der Waals surface area contributed by atoms with Crippen LogP contribution in [0.25, 0.3) is 5.69 Å². The van der Waals surface area contributed by atoms with Crippen LogP contribution in [-0.4, -0.2) is 23.8 Å². The SMILES string of the molecule is COc1cc(/C=N/NC(=O)c2ccc(COc3ccc(-n4c(C)ccc4C)cc3)o2)cc(I)c1OCc1ccc(Br)cc1. The molecule has 3 aromatic carbocycles. The van der Waals surface area contributed by atoms with Crippen LogP contribution in [0.1, 0.15) is 38.8 Å². The molecule has 0 saturated heterocycles. The molecule has 2 aromatic heterocycles. The fourth-order valence-corrected chi connectivity index (χ4v) is 5.46. The summed E-state index contributed by atoms with van der Waals surface area (Å²) in [6.45, 7) is 4.74. The highest BCUT2D eigenvalue weighted by molar-refractivity contribution is 14.1. The number of nitrogens with zero attached hydrogens (tertiary/aromatic N) is 2. The minimum absolute atomic E-state index is 0.133. The van der Waals surface area contributed by atoms with E-state index in [4.69, 9.17) is 18.6 Å². The number of furan rings is 1. The van der Waals surface area contributed by atoms with Gasteiger partial charge in [0.15, 0.2) is 17.3 Å². The number of benzene rings is 3. The number of hydrogen-bond donors (Lipinski definition) is 1. The lowest BCUT2D eigenvalue weighted by atomic mass is 10.2. The van der Waals surface area contributed by atoms with Crippen molar-refractivity contribution in [2.45, 2.75) is 27.1 Å². The Morgan fingerprint density at radius 3 is 2.37 bits per heavy atom. The van der Waals surface area contributed by atoms with Crippen molar-refractivity contribution in [2.24, 2.45) is 5.10 Å². The van der Waals surface area contributed by atoms with Crippen LogP contribution in [0.2, 0.25) is 0 Å². The molecule has 0 atom stereocenters. The molecular formula is C33H29BrIN3O5. The molecule has 0 radical (unpaired) electrons. The van der Waals surface area contributed by atoms with Crippen LogP contribution in [0, 0.1) is 17.4 Å². The lowest BCUT2D eigenvalue weighted by Crippen LogP contribution is -2.16. The Morgan fingerprint density at radius 2 is 1.67 bits per heavy atom. The monoisotopic (exact) mass is 753 g/mol. The fraction of sp³-hybridized carbons (Fsp3) is 0.152. The first-order valence-corrected chi connectivity index (χ1v) is 15.2. The van der Waals surface area contributed by atoms with Crippen LogP contribution < -0.4 is 19.6 Å². The van der Waals surface area contributed by atoms with Gasteiger partial charge in [-0.1, -0.05) is 28.1 Å². The van der Waals surface area contributed by atoms with Crippen LogP contribution in [-0.2, 0) is 13.2 Å². The van der Waals surface area contributed by atoms with Crippen molar-refractivity contribution in [3.8, 4) is 22.9 Å². The van der Waals surface area contributed by atoms with Gasteiger partial charge < -0.3 is 23.2 Å². The predicted molar refractivity (Wildman–Crippen MR) is 178 cm³/mol. The molecular weight excluding hydrogens is 725 g/mol. The number of aromatic nitrogens is 1. The first-order valence-electron chi connectivity index (χ1n) is 13.4. The highest BCUT2D eigenvalue weighted by Crippen LogP contribution is 2.34. The first kappa shape index (κ1) is 30.4. The molecule has 5 aromatic rings. The molecule has 0 fully saturated rings. The van der Waals surface area contributed by atoms with E-state index in [0.717, 1.165) is 24.9 Å². The second kappa shape index (κ2) is 14.0. The summed E-state index contributed by atoms with van der Waals surface area (Å²) in [4.78, 5) is 12.6. The maximum Gasteiger partial charge on any atom is 0.307 e. The molecule has 5 rings (SSSR count). The van der Waals surface area contributed by atoms with E-state index in [-0.39, 0.29) is 12.4 Å². The number of carbonyl (C=O) groups excluding carboxylic acids is 1. The third-order valence-corrected chi connectivity index (χ3v) is 7.89. The number of amides is 1. The number of hydrogen-bond acceptors (Lipinski definition) is 6. The number of rotatable bonds is 11. The Kier molecular flexibility index (Phi) is 9.88. The average molecular weight is 754 g/mol. The zero-order valence-corrected chi connectivity index (χ0v) is 27.5. The first-order chi connectivity index (χ1) is 20.8. The standard InChI is InChI=1S/C33H29BrIN3O5/c1-21-4-5-22(2)38(21)26-10-12-27(13-11-26)41-20-28-14-15-30(43-28)33(39)37-36-18-24-16-29(35)32(31(17-24)40-3)42-19-23-6-8-25(34)9-7-23/h4-18H,19-20H2,1-3H3,(H,37,39)/b36-18+. The van der Waals surface area contributed by atoms with E-state index in [0.29, 0.717) is 29.6 Å². The van der Waals surface area contributed by atoms with Gasteiger partial charge >= 0.3 is 5.91 Å². The van der Waals surface area contributed by atoms with Gasteiger partial charge in [-0.3, -0.25) is 4.79 Å². The number of methoxy groups -OCH3 is 1. The molecule has 0 aliphatic rings. The van der Waals surface area contributed by atoms with Crippen molar-refractivity contribution >= 4 is 50.6 Å². The quantitative estimate of drug-likeness (QED) is 0.0840. The van der Waals surface area contributed by atoms with Crippen LogP contribution in [0.4, 0.5) is 0 Å². The molecule has 0 saturated carbocycles. The second-order valence-corrected chi connectivity index (χ2v) is 11.7. The minimum Gasteiger partial charge on any atom is -0.493 e. The van der Waals surface area contributed by atoms with E-state index in [9.17, 15) is 4.79 Å². The molecule has 1 N–H and O–H groups in total. The van der Waals surface area contributed by atoms with Crippen LogP contribution in [0.3, 0.4) is 0 Å². The molecule has 0 bridgehead atoms. The number of nitrogens with one attached hydrogen (secondary N) is 1. The summed E-state index contributed by atoms with van der Waals surface area (Å²) in [7, 11) is 1.58. The summed E-state index contributed by atoms with van der Waals surface area (Å²) >= 11 is 5.63.